The maximum Gasteiger partial charge on any atom is 0.208 e. The van der Waals surface area contributed by atoms with Crippen molar-refractivity contribution in [3.63, 3.8) is 0 Å². The molecule has 1 aliphatic heterocycles. The number of nitrogens with two attached hydrogens (primary N) is 1. The molecule has 3 rings (SSSR count). The standard InChI is InChI=1S/C15H17NO2/c16-11-15(17-9-4-10-18-15)14-8-3-6-12-5-1-2-7-13(12)14/h1-3,5-8H,4,9-11,16H2. The summed E-state index contributed by atoms with van der Waals surface area (Å²) < 4.78 is 11.7. The van der Waals surface area contributed by atoms with Crippen LogP contribution in [0.5, 0.6) is 0 Å². The van der Waals surface area contributed by atoms with Gasteiger partial charge in [0.25, 0.3) is 0 Å². The van der Waals surface area contributed by atoms with Crippen LogP contribution in [0.4, 0.5) is 0 Å². The lowest BCUT2D eigenvalue weighted by Gasteiger charge is -2.37. The fourth-order valence-corrected chi connectivity index (χ4v) is 2.52. The summed E-state index contributed by atoms with van der Waals surface area (Å²) in [6.07, 6.45) is 0.923. The molecule has 2 N–H and O–H groups in total. The molecule has 3 heteroatoms. The molecule has 2 aromatic carbocycles. The van der Waals surface area contributed by atoms with Gasteiger partial charge in [0.2, 0.25) is 5.79 Å². The van der Waals surface area contributed by atoms with Crippen LogP contribution in [-0.2, 0) is 15.3 Å². The van der Waals surface area contributed by atoms with Gasteiger partial charge in [-0.05, 0) is 17.2 Å². The summed E-state index contributed by atoms with van der Waals surface area (Å²) >= 11 is 0. The van der Waals surface area contributed by atoms with Crippen LogP contribution in [0.15, 0.2) is 42.5 Å². The van der Waals surface area contributed by atoms with Crippen LogP contribution in [0.3, 0.4) is 0 Å². The van der Waals surface area contributed by atoms with Gasteiger partial charge in [-0.25, -0.2) is 0 Å². The van der Waals surface area contributed by atoms with E-state index in [9.17, 15) is 0 Å². The fraction of sp³-hybridized carbons (Fsp3) is 0.333. The van der Waals surface area contributed by atoms with E-state index in [0.717, 1.165) is 17.4 Å². The van der Waals surface area contributed by atoms with E-state index in [1.165, 1.54) is 5.39 Å². The van der Waals surface area contributed by atoms with Crippen LogP contribution < -0.4 is 5.73 Å². The van der Waals surface area contributed by atoms with Crippen LogP contribution in [-0.4, -0.2) is 19.8 Å². The molecule has 18 heavy (non-hydrogen) atoms. The molecule has 0 saturated carbocycles. The average molecular weight is 243 g/mol. The van der Waals surface area contributed by atoms with Gasteiger partial charge in [-0.3, -0.25) is 0 Å². The van der Waals surface area contributed by atoms with Crippen molar-refractivity contribution in [3.8, 4) is 0 Å². The zero-order valence-corrected chi connectivity index (χ0v) is 10.3. The van der Waals surface area contributed by atoms with E-state index in [4.69, 9.17) is 15.2 Å². The lowest BCUT2D eigenvalue weighted by atomic mass is 9.97. The van der Waals surface area contributed by atoms with E-state index in [-0.39, 0.29) is 0 Å². The van der Waals surface area contributed by atoms with Crippen molar-refractivity contribution in [3.05, 3.63) is 48.0 Å². The average Bonchev–Trinajstić information content (AvgIpc) is 2.47. The molecule has 0 radical (unpaired) electrons. The molecule has 1 fully saturated rings. The number of benzene rings is 2. The monoisotopic (exact) mass is 243 g/mol. The van der Waals surface area contributed by atoms with Crippen molar-refractivity contribution in [2.75, 3.05) is 19.8 Å². The molecule has 0 aliphatic carbocycles. The van der Waals surface area contributed by atoms with Gasteiger partial charge in [0, 0.05) is 5.56 Å². The zero-order valence-electron chi connectivity index (χ0n) is 10.3. The highest BCUT2D eigenvalue weighted by atomic mass is 16.7. The summed E-state index contributed by atoms with van der Waals surface area (Å²) in [5, 5.41) is 2.33. The Morgan fingerprint density at radius 1 is 1.00 bits per heavy atom. The van der Waals surface area contributed by atoms with E-state index in [1.54, 1.807) is 0 Å². The first-order valence-corrected chi connectivity index (χ1v) is 6.32. The van der Waals surface area contributed by atoms with E-state index < -0.39 is 5.79 Å². The highest BCUT2D eigenvalue weighted by Crippen LogP contribution is 2.34. The Hall–Kier alpha value is -1.42. The van der Waals surface area contributed by atoms with E-state index >= 15 is 0 Å². The molecule has 1 aliphatic rings. The molecule has 0 atom stereocenters. The van der Waals surface area contributed by atoms with Gasteiger partial charge in [0.05, 0.1) is 19.8 Å². The van der Waals surface area contributed by atoms with Crippen molar-refractivity contribution in [2.24, 2.45) is 5.73 Å². The molecule has 94 valence electrons. The summed E-state index contributed by atoms with van der Waals surface area (Å²) in [5.74, 6) is -0.779. The minimum Gasteiger partial charge on any atom is -0.345 e. The Morgan fingerprint density at radius 2 is 1.72 bits per heavy atom. The molecular formula is C15H17NO2. The highest BCUT2D eigenvalue weighted by molar-refractivity contribution is 5.86. The first kappa shape index (κ1) is 11.7. The van der Waals surface area contributed by atoms with Crippen LogP contribution >= 0.6 is 0 Å². The summed E-state index contributed by atoms with van der Waals surface area (Å²) in [7, 11) is 0. The first-order chi connectivity index (χ1) is 8.86. The predicted octanol–water partition coefficient (Wildman–Crippen LogP) is 2.39. The maximum absolute atomic E-state index is 5.91. The molecule has 0 amide bonds. The van der Waals surface area contributed by atoms with Crippen molar-refractivity contribution in [1.82, 2.24) is 0 Å². The van der Waals surface area contributed by atoms with Crippen LogP contribution in [0.2, 0.25) is 0 Å². The number of rotatable bonds is 2. The number of hydrogen-bond acceptors (Lipinski definition) is 3. The van der Waals surface area contributed by atoms with E-state index in [2.05, 4.69) is 18.2 Å². The summed E-state index contributed by atoms with van der Waals surface area (Å²) in [6.45, 7) is 1.72. The smallest absolute Gasteiger partial charge is 0.208 e. The Bertz CT molecular complexity index is 542. The summed E-state index contributed by atoms with van der Waals surface area (Å²) in [6, 6.07) is 14.4. The molecule has 0 aromatic heterocycles. The minimum absolute atomic E-state index is 0.334. The second-order valence-electron chi connectivity index (χ2n) is 4.53. The molecular weight excluding hydrogens is 226 g/mol. The van der Waals surface area contributed by atoms with Crippen molar-refractivity contribution < 1.29 is 9.47 Å². The molecule has 3 nitrogen and oxygen atoms in total. The Balaban J connectivity index is 2.17. The quantitative estimate of drug-likeness (QED) is 0.880. The van der Waals surface area contributed by atoms with Crippen LogP contribution in [0.1, 0.15) is 12.0 Å². The van der Waals surface area contributed by atoms with Gasteiger partial charge in [-0.1, -0.05) is 42.5 Å². The molecule has 1 saturated heterocycles. The Labute approximate surface area is 106 Å². The normalized spacial score (nSPS) is 18.9. The highest BCUT2D eigenvalue weighted by Gasteiger charge is 2.36. The lowest BCUT2D eigenvalue weighted by molar-refractivity contribution is -0.268. The molecule has 2 aromatic rings. The fourth-order valence-electron chi connectivity index (χ4n) is 2.52. The number of hydrogen-bond donors (Lipinski definition) is 1. The third kappa shape index (κ3) is 1.81. The molecule has 0 unspecified atom stereocenters. The van der Waals surface area contributed by atoms with Crippen molar-refractivity contribution >= 4 is 10.8 Å². The first-order valence-electron chi connectivity index (χ1n) is 6.32. The van der Waals surface area contributed by atoms with Gasteiger partial charge in [-0.15, -0.1) is 0 Å². The molecule has 0 bridgehead atoms. The molecule has 0 spiro atoms. The SMILES string of the molecule is NCC1(c2cccc3ccccc23)OCCCO1. The third-order valence-electron chi connectivity index (χ3n) is 3.43. The van der Waals surface area contributed by atoms with Crippen molar-refractivity contribution in [1.29, 1.82) is 0 Å². The lowest BCUT2D eigenvalue weighted by Crippen LogP contribution is -2.44. The van der Waals surface area contributed by atoms with E-state index in [1.807, 2.05) is 24.3 Å². The van der Waals surface area contributed by atoms with Gasteiger partial charge in [-0.2, -0.15) is 0 Å². The van der Waals surface area contributed by atoms with Gasteiger partial charge < -0.3 is 15.2 Å². The van der Waals surface area contributed by atoms with Gasteiger partial charge >= 0.3 is 0 Å². The number of fused-ring (bicyclic) bond motifs is 1. The Morgan fingerprint density at radius 3 is 2.50 bits per heavy atom. The van der Waals surface area contributed by atoms with Gasteiger partial charge in [0.1, 0.15) is 0 Å². The Kier molecular flexibility index (Phi) is 3.04. The predicted molar refractivity (Wildman–Crippen MR) is 71.2 cm³/mol. The van der Waals surface area contributed by atoms with Crippen molar-refractivity contribution in [2.45, 2.75) is 12.2 Å². The minimum atomic E-state index is -0.779. The topological polar surface area (TPSA) is 44.5 Å². The summed E-state index contributed by atoms with van der Waals surface area (Å²) in [4.78, 5) is 0. The van der Waals surface area contributed by atoms with E-state index in [0.29, 0.717) is 19.8 Å². The second-order valence-corrected chi connectivity index (χ2v) is 4.53. The second kappa shape index (κ2) is 4.69. The number of ether oxygens (including phenoxy) is 2. The van der Waals surface area contributed by atoms with Gasteiger partial charge in [0.15, 0.2) is 0 Å². The zero-order chi connectivity index (χ0) is 12.4. The molecule has 1 heterocycles. The maximum atomic E-state index is 5.91. The van der Waals surface area contributed by atoms with Crippen LogP contribution in [0.25, 0.3) is 10.8 Å². The third-order valence-corrected chi connectivity index (χ3v) is 3.43. The summed E-state index contributed by atoms with van der Waals surface area (Å²) in [5.41, 5.74) is 6.94. The van der Waals surface area contributed by atoms with Crippen LogP contribution in [0, 0.1) is 0 Å². The largest absolute Gasteiger partial charge is 0.345 e.